The van der Waals surface area contributed by atoms with Gasteiger partial charge in [0.2, 0.25) is 5.91 Å². The van der Waals surface area contributed by atoms with E-state index in [0.29, 0.717) is 56.3 Å². The quantitative estimate of drug-likeness (QED) is 0.747. The lowest BCUT2D eigenvalue weighted by molar-refractivity contribution is -0.131. The third-order valence-electron chi connectivity index (χ3n) is 6.72. The van der Waals surface area contributed by atoms with Crippen LogP contribution >= 0.6 is 0 Å². The van der Waals surface area contributed by atoms with Crippen LogP contribution in [0.4, 0.5) is 0 Å². The molecule has 0 unspecified atom stereocenters. The number of nitrogens with zero attached hydrogens (tertiary/aromatic N) is 5. The lowest BCUT2D eigenvalue weighted by atomic mass is 10.0. The Bertz CT molecular complexity index is 1060. The van der Waals surface area contributed by atoms with E-state index in [-0.39, 0.29) is 29.1 Å². The van der Waals surface area contributed by atoms with Crippen LogP contribution in [0.5, 0.6) is 0 Å². The van der Waals surface area contributed by atoms with Gasteiger partial charge >= 0.3 is 0 Å². The number of fused-ring (bicyclic) bond motifs is 1. The molecule has 0 saturated carbocycles. The molecule has 0 bridgehead atoms. The van der Waals surface area contributed by atoms with Crippen molar-refractivity contribution in [3.05, 3.63) is 40.3 Å². The summed E-state index contributed by atoms with van der Waals surface area (Å²) in [5.74, 6) is -0.131. The van der Waals surface area contributed by atoms with E-state index in [1.165, 1.54) is 4.68 Å². The van der Waals surface area contributed by atoms with Crippen molar-refractivity contribution in [3.8, 4) is 0 Å². The molecule has 4 rings (SSSR count). The predicted octanol–water partition coefficient (Wildman–Crippen LogP) is 0.546. The van der Waals surface area contributed by atoms with E-state index in [9.17, 15) is 19.5 Å². The van der Waals surface area contributed by atoms with Crippen molar-refractivity contribution < 1.29 is 14.7 Å². The lowest BCUT2D eigenvalue weighted by Gasteiger charge is -2.40. The summed E-state index contributed by atoms with van der Waals surface area (Å²) in [6, 6.07) is 7.04. The number of benzene rings is 1. The Labute approximate surface area is 187 Å². The number of likely N-dealkylation sites (tertiary alicyclic amines) is 1. The van der Waals surface area contributed by atoms with Crippen LogP contribution in [0.25, 0.3) is 10.8 Å². The highest BCUT2D eigenvalue weighted by Crippen LogP contribution is 2.22. The van der Waals surface area contributed by atoms with E-state index >= 15 is 0 Å². The minimum absolute atomic E-state index is 0.0452. The van der Waals surface area contributed by atoms with Crippen LogP contribution in [0, 0.1) is 0 Å². The minimum atomic E-state index is -0.536. The maximum atomic E-state index is 13.5. The highest BCUT2D eigenvalue weighted by Gasteiger charge is 2.34. The number of piperazine rings is 1. The zero-order valence-corrected chi connectivity index (χ0v) is 18.7. The monoisotopic (exact) mass is 441 g/mol. The van der Waals surface area contributed by atoms with Gasteiger partial charge in [-0.25, -0.2) is 4.68 Å². The van der Waals surface area contributed by atoms with E-state index in [1.54, 1.807) is 36.1 Å². The minimum Gasteiger partial charge on any atom is -0.391 e. The molecule has 172 valence electrons. The fraction of sp³-hybridized carbons (Fsp3) is 0.565. The standard InChI is InChI=1S/C23H31N5O4/c1-3-28-22(31)18-7-5-4-6-17(18)21(24-28)23(32)27-10-8-19(20(30)9-11-27)26-14-12-25(13-15-26)16(2)29/h4-7,19-20,30H,3,8-15H2,1-2H3/t19-,20-/m0/s1. The number of aliphatic hydroxyl groups excluding tert-OH is 1. The first kappa shape index (κ1) is 22.4. The topological polar surface area (TPSA) is 99.0 Å². The second-order valence-corrected chi connectivity index (χ2v) is 8.56. The highest BCUT2D eigenvalue weighted by molar-refractivity contribution is 6.04. The molecule has 9 heteroatoms. The summed E-state index contributed by atoms with van der Waals surface area (Å²) < 4.78 is 1.33. The summed E-state index contributed by atoms with van der Waals surface area (Å²) >= 11 is 0. The molecule has 2 atom stereocenters. The van der Waals surface area contributed by atoms with Gasteiger partial charge < -0.3 is 14.9 Å². The van der Waals surface area contributed by atoms with Crippen LogP contribution in [0.3, 0.4) is 0 Å². The number of carbonyl (C=O) groups excluding carboxylic acids is 2. The van der Waals surface area contributed by atoms with Crippen molar-refractivity contribution in [1.29, 1.82) is 0 Å². The Balaban J connectivity index is 1.53. The summed E-state index contributed by atoms with van der Waals surface area (Å²) in [7, 11) is 0. The first-order valence-corrected chi connectivity index (χ1v) is 11.4. The summed E-state index contributed by atoms with van der Waals surface area (Å²) in [6.45, 7) is 7.52. The lowest BCUT2D eigenvalue weighted by Crippen LogP contribution is -2.54. The largest absolute Gasteiger partial charge is 0.391 e. The van der Waals surface area contributed by atoms with E-state index in [4.69, 9.17) is 0 Å². The molecule has 2 saturated heterocycles. The fourth-order valence-corrected chi connectivity index (χ4v) is 4.83. The zero-order chi connectivity index (χ0) is 22.8. The average Bonchev–Trinajstić information content (AvgIpc) is 3.01. The second-order valence-electron chi connectivity index (χ2n) is 8.56. The Kier molecular flexibility index (Phi) is 6.57. The molecule has 0 spiro atoms. The van der Waals surface area contributed by atoms with E-state index in [0.717, 1.165) is 13.1 Å². The summed E-state index contributed by atoms with van der Waals surface area (Å²) in [5, 5.41) is 16.2. The zero-order valence-electron chi connectivity index (χ0n) is 18.7. The summed E-state index contributed by atoms with van der Waals surface area (Å²) in [4.78, 5) is 43.5. The number of aliphatic hydroxyl groups is 1. The fourth-order valence-electron chi connectivity index (χ4n) is 4.83. The second kappa shape index (κ2) is 9.38. The molecule has 2 aliphatic heterocycles. The molecule has 1 aromatic carbocycles. The number of aromatic nitrogens is 2. The Morgan fingerprint density at radius 3 is 2.31 bits per heavy atom. The highest BCUT2D eigenvalue weighted by atomic mass is 16.3. The summed E-state index contributed by atoms with van der Waals surface area (Å²) in [6.07, 6.45) is 0.596. The number of aryl methyl sites for hydroxylation is 1. The van der Waals surface area contributed by atoms with Gasteiger partial charge in [0.25, 0.3) is 11.5 Å². The molecule has 2 fully saturated rings. The maximum absolute atomic E-state index is 13.5. The number of rotatable bonds is 3. The van der Waals surface area contributed by atoms with Crippen molar-refractivity contribution in [3.63, 3.8) is 0 Å². The molecule has 9 nitrogen and oxygen atoms in total. The smallest absolute Gasteiger partial charge is 0.274 e. The Hall–Kier alpha value is -2.78. The van der Waals surface area contributed by atoms with Crippen LogP contribution in [0.1, 0.15) is 37.2 Å². The van der Waals surface area contributed by atoms with Crippen LogP contribution < -0.4 is 5.56 Å². The molecule has 1 N–H and O–H groups in total. The van der Waals surface area contributed by atoms with E-state index in [2.05, 4.69) is 10.00 Å². The van der Waals surface area contributed by atoms with Gasteiger partial charge in [0.05, 0.1) is 11.5 Å². The van der Waals surface area contributed by atoms with E-state index < -0.39 is 6.10 Å². The first-order chi connectivity index (χ1) is 15.4. The van der Waals surface area contributed by atoms with Gasteiger partial charge in [-0.1, -0.05) is 18.2 Å². The third-order valence-corrected chi connectivity index (χ3v) is 6.72. The molecule has 0 aliphatic carbocycles. The normalized spacial score (nSPS) is 22.7. The van der Waals surface area contributed by atoms with Crippen LogP contribution in [-0.4, -0.2) is 92.8 Å². The van der Waals surface area contributed by atoms with Gasteiger partial charge in [0, 0.05) is 64.2 Å². The van der Waals surface area contributed by atoms with Gasteiger partial charge in [0.15, 0.2) is 5.69 Å². The molecule has 2 aromatic rings. The SMILES string of the molecule is CCn1nc(C(=O)N2CC[C@H](O)[C@@H](N3CCN(C(C)=O)CC3)CC2)c2ccccc2c1=O. The Morgan fingerprint density at radius 2 is 1.66 bits per heavy atom. The van der Waals surface area contributed by atoms with Crippen LogP contribution in [0.15, 0.2) is 29.1 Å². The molecule has 32 heavy (non-hydrogen) atoms. The Morgan fingerprint density at radius 1 is 1.00 bits per heavy atom. The van der Waals surface area contributed by atoms with Crippen molar-refractivity contribution in [1.82, 2.24) is 24.5 Å². The number of hydrogen-bond acceptors (Lipinski definition) is 6. The molecule has 1 aromatic heterocycles. The molecule has 2 amide bonds. The van der Waals surface area contributed by atoms with Gasteiger partial charge in [-0.05, 0) is 25.8 Å². The number of amides is 2. The van der Waals surface area contributed by atoms with Crippen LogP contribution in [0.2, 0.25) is 0 Å². The maximum Gasteiger partial charge on any atom is 0.274 e. The van der Waals surface area contributed by atoms with Gasteiger partial charge in [-0.15, -0.1) is 0 Å². The van der Waals surface area contributed by atoms with Crippen molar-refractivity contribution in [2.24, 2.45) is 0 Å². The van der Waals surface area contributed by atoms with Crippen LogP contribution in [-0.2, 0) is 11.3 Å². The molecular formula is C23H31N5O4. The molecule has 3 heterocycles. The predicted molar refractivity (Wildman–Crippen MR) is 120 cm³/mol. The summed E-state index contributed by atoms with van der Waals surface area (Å²) in [5.41, 5.74) is 0.0840. The first-order valence-electron chi connectivity index (χ1n) is 11.4. The molecule has 2 aliphatic rings. The van der Waals surface area contributed by atoms with Gasteiger partial charge in [-0.2, -0.15) is 5.10 Å². The van der Waals surface area contributed by atoms with Gasteiger partial charge in [0.1, 0.15) is 0 Å². The molecular weight excluding hydrogens is 410 g/mol. The van der Waals surface area contributed by atoms with E-state index in [1.807, 2.05) is 11.8 Å². The molecule has 0 radical (unpaired) electrons. The third kappa shape index (κ3) is 4.27. The number of carbonyl (C=O) groups is 2. The van der Waals surface area contributed by atoms with Gasteiger partial charge in [-0.3, -0.25) is 19.3 Å². The van der Waals surface area contributed by atoms with Crippen molar-refractivity contribution in [2.45, 2.75) is 45.4 Å². The number of hydrogen-bond donors (Lipinski definition) is 1. The van der Waals surface area contributed by atoms with Crippen molar-refractivity contribution in [2.75, 3.05) is 39.3 Å². The average molecular weight is 442 g/mol. The van der Waals surface area contributed by atoms with Crippen molar-refractivity contribution >= 4 is 22.6 Å².